The van der Waals surface area contributed by atoms with Crippen LogP contribution in [0, 0.1) is 11.8 Å². The number of carbonyl (C=O) groups excluding carboxylic acids is 1. The fourth-order valence-electron chi connectivity index (χ4n) is 3.75. The van der Waals surface area contributed by atoms with E-state index in [1.165, 1.54) is 18.2 Å². The van der Waals surface area contributed by atoms with Crippen LogP contribution in [-0.4, -0.2) is 39.2 Å². The maximum Gasteiger partial charge on any atom is 0.253 e. The molecule has 5 nitrogen and oxygen atoms in total. The fourth-order valence-corrected chi connectivity index (χ4v) is 4.50. The predicted molar refractivity (Wildman–Crippen MR) is 88.6 cm³/mol. The lowest BCUT2D eigenvalue weighted by atomic mass is 9.82. The van der Waals surface area contributed by atoms with Crippen molar-refractivity contribution in [3.63, 3.8) is 0 Å². The first-order valence-corrected chi connectivity index (χ1v) is 9.40. The summed E-state index contributed by atoms with van der Waals surface area (Å²) in [7, 11) is 0. The zero-order valence-corrected chi connectivity index (χ0v) is 14.0. The van der Waals surface area contributed by atoms with E-state index in [0.29, 0.717) is 31.8 Å². The normalized spacial score (nSPS) is 33.4. The molecule has 0 aromatic rings. The Labute approximate surface area is 135 Å². The van der Waals surface area contributed by atoms with Gasteiger partial charge in [0.25, 0.3) is 5.91 Å². The van der Waals surface area contributed by atoms with Crippen LogP contribution >= 0.6 is 0 Å². The van der Waals surface area contributed by atoms with Crippen LogP contribution in [-0.2, 0) is 16.2 Å². The molecule has 122 valence electrons. The highest BCUT2D eigenvalue weighted by Gasteiger charge is 2.48. The van der Waals surface area contributed by atoms with E-state index in [1.54, 1.807) is 0 Å². The summed E-state index contributed by atoms with van der Waals surface area (Å²) >= 11 is -1.14. The largest absolute Gasteiger partial charge is 0.593 e. The summed E-state index contributed by atoms with van der Waals surface area (Å²) in [5, 5.41) is 4.50. The fraction of sp³-hybridized carbons (Fsp3) is 0.750. The van der Waals surface area contributed by atoms with Crippen LogP contribution in [0.15, 0.2) is 17.0 Å². The summed E-state index contributed by atoms with van der Waals surface area (Å²) in [6.07, 6.45) is 5.99. The van der Waals surface area contributed by atoms with Gasteiger partial charge in [0.1, 0.15) is 16.8 Å². The molecule has 3 aliphatic rings. The van der Waals surface area contributed by atoms with Gasteiger partial charge in [-0.05, 0) is 38.2 Å². The molecule has 6 heteroatoms. The minimum atomic E-state index is -1.14. The van der Waals surface area contributed by atoms with Crippen LogP contribution in [0.25, 0.3) is 0 Å². The third-order valence-corrected chi connectivity index (χ3v) is 6.51. The lowest BCUT2D eigenvalue weighted by Gasteiger charge is -2.34. The number of nitrogens with one attached hydrogen (secondary N) is 1. The van der Waals surface area contributed by atoms with E-state index in [-0.39, 0.29) is 5.91 Å². The maximum absolute atomic E-state index is 12.5. The average Bonchev–Trinajstić information content (AvgIpc) is 2.85. The van der Waals surface area contributed by atoms with Crippen LogP contribution in [0.5, 0.6) is 0 Å². The molecule has 0 radical (unpaired) electrons. The third kappa shape index (κ3) is 2.96. The van der Waals surface area contributed by atoms with Gasteiger partial charge in [0.2, 0.25) is 0 Å². The number of nitrogens with zero attached hydrogens (tertiary/aromatic N) is 2. The Morgan fingerprint density at radius 1 is 1.36 bits per heavy atom. The van der Waals surface area contributed by atoms with Crippen LogP contribution in [0.4, 0.5) is 0 Å². The molecule has 1 unspecified atom stereocenters. The Hall–Kier alpha value is -0.850. The van der Waals surface area contributed by atoms with Gasteiger partial charge >= 0.3 is 0 Å². The molecular formula is C16H25N3O2S. The minimum absolute atomic E-state index is 0.0464. The van der Waals surface area contributed by atoms with Crippen molar-refractivity contribution >= 4 is 23.1 Å². The Morgan fingerprint density at radius 2 is 2.00 bits per heavy atom. The number of carbonyl (C=O) groups is 1. The van der Waals surface area contributed by atoms with Gasteiger partial charge < -0.3 is 9.87 Å². The van der Waals surface area contributed by atoms with E-state index < -0.39 is 16.9 Å². The van der Waals surface area contributed by atoms with Crippen LogP contribution in [0.2, 0.25) is 0 Å². The van der Waals surface area contributed by atoms with Gasteiger partial charge in [0, 0.05) is 19.0 Å². The van der Waals surface area contributed by atoms with Gasteiger partial charge in [-0.2, -0.15) is 0 Å². The number of amides is 1. The van der Waals surface area contributed by atoms with Gasteiger partial charge in [-0.25, -0.2) is 0 Å². The molecule has 2 heterocycles. The molecule has 1 aliphatic carbocycles. The smallest absolute Gasteiger partial charge is 0.253 e. The van der Waals surface area contributed by atoms with Crippen molar-refractivity contribution in [2.24, 2.45) is 16.8 Å². The van der Waals surface area contributed by atoms with Crippen molar-refractivity contribution in [2.75, 3.05) is 13.1 Å². The van der Waals surface area contributed by atoms with Crippen LogP contribution < -0.4 is 5.32 Å². The molecule has 1 spiro atoms. The molecule has 1 N–H and O–H groups in total. The first kappa shape index (κ1) is 16.0. The quantitative estimate of drug-likeness (QED) is 0.808. The van der Waals surface area contributed by atoms with Gasteiger partial charge in [0.15, 0.2) is 0 Å². The Bertz CT molecular complexity index is 478. The van der Waals surface area contributed by atoms with Crippen LogP contribution in [0.3, 0.4) is 0 Å². The summed E-state index contributed by atoms with van der Waals surface area (Å²) in [5.74, 6) is 2.17. The van der Waals surface area contributed by atoms with Crippen molar-refractivity contribution in [3.05, 3.63) is 12.0 Å². The highest BCUT2D eigenvalue weighted by molar-refractivity contribution is 7.92. The molecule has 3 rings (SSSR count). The molecule has 0 aromatic heterocycles. The monoisotopic (exact) mass is 323 g/mol. The molecule has 1 atom stereocenters. The first-order chi connectivity index (χ1) is 10.5. The van der Waals surface area contributed by atoms with Gasteiger partial charge in [-0.1, -0.05) is 19.8 Å². The van der Waals surface area contributed by atoms with E-state index >= 15 is 0 Å². The second kappa shape index (κ2) is 6.34. The van der Waals surface area contributed by atoms with E-state index in [2.05, 4.69) is 18.8 Å². The molecule has 1 saturated carbocycles. The zero-order valence-electron chi connectivity index (χ0n) is 13.2. The van der Waals surface area contributed by atoms with Crippen molar-refractivity contribution in [3.8, 4) is 0 Å². The van der Waals surface area contributed by atoms with Gasteiger partial charge in [-0.3, -0.25) is 9.79 Å². The second-order valence-corrected chi connectivity index (χ2v) is 8.21. The van der Waals surface area contributed by atoms with Gasteiger partial charge in [0.05, 0.1) is 11.4 Å². The lowest BCUT2D eigenvalue weighted by molar-refractivity contribution is -0.124. The molecule has 1 amide bonds. The standard InChI is InChI=1S/C16H25N3O2S/c1-3-22(21)19-10-8-16(9-11-19)15(20)17-14(18-16)13-6-4-12(2)5-7-13/h3,12-13H,1,4-11H2,2H3,(H,17,18,20). The number of piperidine rings is 1. The molecule has 2 aliphatic heterocycles. The molecule has 2 fully saturated rings. The number of hydrogen-bond donors (Lipinski definition) is 1. The topological polar surface area (TPSA) is 67.8 Å². The summed E-state index contributed by atoms with van der Waals surface area (Å²) in [6.45, 7) is 7.12. The molecule has 22 heavy (non-hydrogen) atoms. The Balaban J connectivity index is 1.67. The maximum atomic E-state index is 12.5. The van der Waals surface area contributed by atoms with Crippen molar-refractivity contribution in [1.29, 1.82) is 0 Å². The number of amidine groups is 1. The van der Waals surface area contributed by atoms with E-state index in [4.69, 9.17) is 4.99 Å². The Morgan fingerprint density at radius 3 is 2.59 bits per heavy atom. The highest BCUT2D eigenvalue weighted by atomic mass is 32.2. The Kier molecular flexibility index (Phi) is 4.61. The predicted octanol–water partition coefficient (Wildman–Crippen LogP) is 1.98. The van der Waals surface area contributed by atoms with Crippen molar-refractivity contribution < 1.29 is 9.35 Å². The van der Waals surface area contributed by atoms with Crippen molar-refractivity contribution in [1.82, 2.24) is 9.62 Å². The summed E-state index contributed by atoms with van der Waals surface area (Å²) in [6, 6.07) is 0. The number of hydrogen-bond acceptors (Lipinski definition) is 4. The second-order valence-electron chi connectivity index (χ2n) is 6.81. The van der Waals surface area contributed by atoms with E-state index in [0.717, 1.165) is 24.6 Å². The average molecular weight is 323 g/mol. The third-order valence-electron chi connectivity index (χ3n) is 5.35. The minimum Gasteiger partial charge on any atom is -0.593 e. The molecule has 0 bridgehead atoms. The summed E-state index contributed by atoms with van der Waals surface area (Å²) < 4.78 is 13.6. The number of rotatable bonds is 3. The SMILES string of the molecule is C=C[S+]([O-])N1CCC2(CC1)N=C(C1CCC(C)CC1)NC2=O. The van der Waals surface area contributed by atoms with E-state index in [1.807, 2.05) is 4.31 Å². The molecular weight excluding hydrogens is 298 g/mol. The first-order valence-electron chi connectivity index (χ1n) is 8.23. The van der Waals surface area contributed by atoms with Crippen LogP contribution in [0.1, 0.15) is 45.4 Å². The van der Waals surface area contributed by atoms with Crippen molar-refractivity contribution in [2.45, 2.75) is 51.0 Å². The number of aliphatic imine (C=N–C) groups is 1. The summed E-state index contributed by atoms with van der Waals surface area (Å²) in [5.41, 5.74) is -0.611. The highest BCUT2D eigenvalue weighted by Crippen LogP contribution is 2.35. The zero-order chi connectivity index (χ0) is 15.7. The van der Waals surface area contributed by atoms with Gasteiger partial charge in [-0.15, -0.1) is 4.31 Å². The molecule has 0 aromatic carbocycles. The lowest BCUT2D eigenvalue weighted by Crippen LogP contribution is -2.50. The van der Waals surface area contributed by atoms with E-state index in [9.17, 15) is 9.35 Å². The summed E-state index contributed by atoms with van der Waals surface area (Å²) in [4.78, 5) is 17.3. The molecule has 1 saturated heterocycles.